The van der Waals surface area contributed by atoms with E-state index in [4.69, 9.17) is 4.74 Å². The Labute approximate surface area is 432 Å². The molecule has 2 aromatic carbocycles. The van der Waals surface area contributed by atoms with Crippen LogP contribution in [0.1, 0.15) is 101 Å². The molecule has 14 nitrogen and oxygen atoms in total. The number of aromatic carboxylic acids is 1. The van der Waals surface area contributed by atoms with Gasteiger partial charge in [-0.3, -0.25) is 0 Å². The number of methoxy groups -OCH3 is 1. The number of hydrogen-bond acceptors (Lipinski definition) is 15. The molecule has 0 radical (unpaired) electrons. The Morgan fingerprint density at radius 2 is 1.05 bits per heavy atom. The summed E-state index contributed by atoms with van der Waals surface area (Å²) in [5, 5.41) is 39.6. The average Bonchev–Trinajstić information content (AvgIpc) is 4.09. The number of aromatic nitrogens is 6. The van der Waals surface area contributed by atoms with Gasteiger partial charge in [0.25, 0.3) is 0 Å². The number of pyridine rings is 4. The molecule has 0 amide bonds. The highest BCUT2D eigenvalue weighted by Gasteiger charge is 2.42. The number of esters is 1. The Morgan fingerprint density at radius 3 is 1.48 bits per heavy atom. The third-order valence-electron chi connectivity index (χ3n) is 12.7. The number of nitrogens with zero attached hydrogens (tertiary/aromatic N) is 6. The van der Waals surface area contributed by atoms with E-state index < -0.39 is 46.6 Å². The number of carboxylic acids is 1. The number of aryl methyl sites for hydroxylation is 2. The van der Waals surface area contributed by atoms with Gasteiger partial charge in [-0.15, -0.1) is 22.7 Å². The molecule has 2 atom stereocenters. The van der Waals surface area contributed by atoms with Crippen molar-refractivity contribution in [3.63, 3.8) is 0 Å². The highest BCUT2D eigenvalue weighted by molar-refractivity contribution is 7.15. The van der Waals surface area contributed by atoms with E-state index in [1.165, 1.54) is 35.8 Å². The van der Waals surface area contributed by atoms with E-state index in [0.29, 0.717) is 104 Å². The number of thiazole rings is 2. The Bertz CT molecular complexity index is 3480. The van der Waals surface area contributed by atoms with Gasteiger partial charge in [-0.1, -0.05) is 24.3 Å². The largest absolute Gasteiger partial charge is 0.478 e. The number of ether oxygens (including phenoxy) is 1. The van der Waals surface area contributed by atoms with Gasteiger partial charge in [0.1, 0.15) is 44.5 Å². The predicted molar refractivity (Wildman–Crippen MR) is 268 cm³/mol. The maximum Gasteiger partial charge on any atom is 0.416 e. The Hall–Kier alpha value is -7.66. The highest BCUT2D eigenvalue weighted by atomic mass is 32.1. The van der Waals surface area contributed by atoms with Crippen LogP contribution in [0.3, 0.4) is 0 Å². The van der Waals surface area contributed by atoms with Gasteiger partial charge in [0.2, 0.25) is 0 Å². The second-order valence-electron chi connectivity index (χ2n) is 17.9. The number of alkyl halides is 6. The van der Waals surface area contributed by atoms with Crippen molar-refractivity contribution in [1.29, 1.82) is 0 Å². The first kappa shape index (κ1) is 52.2. The summed E-state index contributed by atoms with van der Waals surface area (Å²) < 4.78 is 83.4. The Morgan fingerprint density at radius 1 is 0.613 bits per heavy atom. The minimum absolute atomic E-state index is 0.00577. The zero-order valence-corrected chi connectivity index (χ0v) is 41.6. The standard InChI is InChI=1S/C27H23F3N4O3S.C26H21F3N4O3S/c1-15-11-20(33-23(12-15)34-22-13-16(8-10-31-22)27(28,29)30)21-14-32-25(38-21)26(36)9-4-6-17-18(24(35)37-2)5-3-7-19(17)26;1-14-10-19(32-22(11-14)33-21-12-15(7-9-30-21)26(27,28)29)20-13-31-24(37-20)25(36)8-3-5-16-17(23(34)35)4-2-6-18(16)25/h3,5,7-8,10-14,36H,4,6,9H2,1-2H3,(H,31,33,34);2,4,6-7,9-13,36H,3,5,8H2,1H3,(H,34,35)(H,30,32,33). The third-order valence-corrected chi connectivity index (χ3v) is 15.0. The molecule has 0 aliphatic heterocycles. The minimum Gasteiger partial charge on any atom is -0.478 e. The van der Waals surface area contributed by atoms with Crippen LogP contribution in [-0.4, -0.2) is 64.3 Å². The van der Waals surface area contributed by atoms with Crippen molar-refractivity contribution in [3.8, 4) is 21.1 Å². The molecule has 2 aliphatic carbocycles. The van der Waals surface area contributed by atoms with Crippen LogP contribution < -0.4 is 10.6 Å². The Balaban J connectivity index is 0.000000184. The lowest BCUT2D eigenvalue weighted by molar-refractivity contribution is -0.138. The van der Waals surface area contributed by atoms with Crippen LogP contribution in [-0.2, 0) is 41.1 Å². The predicted octanol–water partition coefficient (Wildman–Crippen LogP) is 12.0. The molecule has 10 rings (SSSR count). The number of anilines is 4. The van der Waals surface area contributed by atoms with Crippen molar-refractivity contribution in [2.75, 3.05) is 17.7 Å². The smallest absolute Gasteiger partial charge is 0.416 e. The lowest BCUT2D eigenvalue weighted by atomic mass is 9.77. The summed E-state index contributed by atoms with van der Waals surface area (Å²) in [4.78, 5) is 51.3. The lowest BCUT2D eigenvalue weighted by Crippen LogP contribution is -2.32. The minimum atomic E-state index is -4.49. The van der Waals surface area contributed by atoms with Crippen LogP contribution in [0.15, 0.2) is 110 Å². The molecule has 75 heavy (non-hydrogen) atoms. The van der Waals surface area contributed by atoms with Crippen LogP contribution in [0.2, 0.25) is 0 Å². The summed E-state index contributed by atoms with van der Waals surface area (Å²) in [5.74, 6) is -0.837. The number of aliphatic hydroxyl groups is 2. The maximum absolute atomic E-state index is 13.1. The van der Waals surface area contributed by atoms with Gasteiger partial charge in [-0.25, -0.2) is 39.5 Å². The average molecular weight is 1070 g/mol. The molecule has 5 N–H and O–H groups in total. The number of rotatable bonds is 10. The fourth-order valence-corrected chi connectivity index (χ4v) is 11.3. The molecule has 0 spiro atoms. The molecule has 8 aromatic rings. The van der Waals surface area contributed by atoms with Gasteiger partial charge in [0, 0.05) is 24.8 Å². The van der Waals surface area contributed by atoms with E-state index >= 15 is 0 Å². The molecule has 0 saturated heterocycles. The second-order valence-corrected chi connectivity index (χ2v) is 19.9. The molecule has 6 aromatic heterocycles. The zero-order valence-electron chi connectivity index (χ0n) is 40.0. The van der Waals surface area contributed by atoms with Crippen molar-refractivity contribution in [3.05, 3.63) is 175 Å². The van der Waals surface area contributed by atoms with Crippen LogP contribution in [0.4, 0.5) is 49.6 Å². The summed E-state index contributed by atoms with van der Waals surface area (Å²) >= 11 is 2.51. The van der Waals surface area contributed by atoms with E-state index in [1.54, 1.807) is 54.9 Å². The summed E-state index contributed by atoms with van der Waals surface area (Å²) in [6, 6.07) is 20.8. The van der Waals surface area contributed by atoms with Gasteiger partial charge in [-0.05, 0) is 146 Å². The van der Waals surface area contributed by atoms with Gasteiger partial charge >= 0.3 is 24.3 Å². The van der Waals surface area contributed by atoms with E-state index in [-0.39, 0.29) is 17.2 Å². The molecule has 386 valence electrons. The molecule has 0 saturated carbocycles. The summed E-state index contributed by atoms with van der Waals surface area (Å²) in [6.45, 7) is 3.67. The molecule has 6 heterocycles. The number of carbonyl (C=O) groups is 2. The van der Waals surface area contributed by atoms with E-state index in [2.05, 4.69) is 40.5 Å². The molecule has 2 unspecified atom stereocenters. The van der Waals surface area contributed by atoms with Crippen molar-refractivity contribution < 1.29 is 56.0 Å². The van der Waals surface area contributed by atoms with Crippen molar-refractivity contribution >= 4 is 57.9 Å². The van der Waals surface area contributed by atoms with Crippen LogP contribution in [0, 0.1) is 13.8 Å². The van der Waals surface area contributed by atoms with Crippen molar-refractivity contribution in [2.24, 2.45) is 0 Å². The zero-order chi connectivity index (χ0) is 53.5. The maximum atomic E-state index is 13.1. The topological polar surface area (TPSA) is 205 Å². The highest BCUT2D eigenvalue weighted by Crippen LogP contribution is 2.46. The van der Waals surface area contributed by atoms with Gasteiger partial charge in [0.15, 0.2) is 0 Å². The van der Waals surface area contributed by atoms with Crippen LogP contribution >= 0.6 is 22.7 Å². The van der Waals surface area contributed by atoms with Crippen LogP contribution in [0.5, 0.6) is 0 Å². The van der Waals surface area contributed by atoms with Gasteiger partial charge < -0.3 is 30.7 Å². The van der Waals surface area contributed by atoms with E-state index in [0.717, 1.165) is 53.3 Å². The van der Waals surface area contributed by atoms with E-state index in [9.17, 15) is 51.3 Å². The molecule has 0 fully saturated rings. The van der Waals surface area contributed by atoms with Crippen LogP contribution in [0.25, 0.3) is 21.1 Å². The fourth-order valence-electron chi connectivity index (χ4n) is 9.24. The monoisotopic (exact) mass is 1070 g/mol. The first-order chi connectivity index (χ1) is 35.6. The SMILES string of the molecule is COC(=O)c1cccc2c1CCCC2(O)c1ncc(-c2cc(C)cc(Nc3cc(C(F)(F)F)ccn3)n2)s1.Cc1cc(Nc2cc(C(F)(F)F)ccn2)nc(-c2cnc(C3(O)CCCc4c(C(=O)O)cccc43)s2)c1. The van der Waals surface area contributed by atoms with Crippen molar-refractivity contribution in [2.45, 2.75) is 75.9 Å². The molecule has 0 bridgehead atoms. The molecular weight excluding hydrogens is 1020 g/mol. The fraction of sp³-hybridized carbons (Fsp3) is 0.245. The lowest BCUT2D eigenvalue weighted by Gasteiger charge is -2.33. The van der Waals surface area contributed by atoms with E-state index in [1.807, 2.05) is 26.0 Å². The molecule has 2 aliphatic rings. The normalized spacial score (nSPS) is 17.2. The quantitative estimate of drug-likeness (QED) is 0.0638. The molecular formula is C53H44F6N8O6S2. The number of fused-ring (bicyclic) bond motifs is 2. The summed E-state index contributed by atoms with van der Waals surface area (Å²) in [7, 11) is 1.32. The molecule has 22 heteroatoms. The number of benzene rings is 2. The number of carbonyl (C=O) groups excluding carboxylic acids is 1. The first-order valence-electron chi connectivity index (χ1n) is 23.2. The Kier molecular flexibility index (Phi) is 14.3. The first-order valence-corrected chi connectivity index (χ1v) is 24.8. The second kappa shape index (κ2) is 20.6. The summed E-state index contributed by atoms with van der Waals surface area (Å²) in [6.07, 6.45) is -0.330. The van der Waals surface area contributed by atoms with Gasteiger partial charge in [0.05, 0.1) is 50.5 Å². The van der Waals surface area contributed by atoms with Crippen molar-refractivity contribution in [1.82, 2.24) is 29.9 Å². The summed E-state index contributed by atoms with van der Waals surface area (Å²) in [5.41, 5.74) is 1.37. The third kappa shape index (κ3) is 11.0. The number of hydrogen-bond donors (Lipinski definition) is 5. The van der Waals surface area contributed by atoms with Gasteiger partial charge in [-0.2, -0.15) is 26.3 Å². The number of halogens is 6. The number of nitrogens with one attached hydrogen (secondary N) is 2. The number of carboxylic acid groups (broad SMARTS) is 1.